The lowest BCUT2D eigenvalue weighted by atomic mass is 10.2. The number of nitrogens with zero attached hydrogens (tertiary/aromatic N) is 5. The van der Waals surface area contributed by atoms with Crippen LogP contribution in [0.25, 0.3) is 5.65 Å². The molecule has 3 rings (SSSR count). The van der Waals surface area contributed by atoms with Gasteiger partial charge < -0.3 is 4.52 Å². The third-order valence-corrected chi connectivity index (χ3v) is 3.41. The van der Waals surface area contributed by atoms with Crippen molar-refractivity contribution in [3.05, 3.63) is 47.2 Å². The Hall–Kier alpha value is -2.21. The van der Waals surface area contributed by atoms with E-state index in [-0.39, 0.29) is 0 Å². The van der Waals surface area contributed by atoms with Crippen molar-refractivity contribution in [3.8, 4) is 0 Å². The maximum Gasteiger partial charge on any atom is 0.155 e. The molecule has 0 fully saturated rings. The van der Waals surface area contributed by atoms with Crippen LogP contribution < -0.4 is 0 Å². The van der Waals surface area contributed by atoms with E-state index in [0.29, 0.717) is 0 Å². The highest BCUT2D eigenvalue weighted by Gasteiger charge is 2.11. The minimum absolute atomic E-state index is 0.818. The SMILES string of the molecule is Cc1noc(C)c1CN(C)Cc1ccn2ncnc2c1. The van der Waals surface area contributed by atoms with Gasteiger partial charge in [-0.25, -0.2) is 9.50 Å². The number of pyridine rings is 1. The first kappa shape index (κ1) is 12.8. The molecule has 0 saturated heterocycles. The molecule has 0 bridgehead atoms. The molecule has 0 N–H and O–H groups in total. The summed E-state index contributed by atoms with van der Waals surface area (Å²) in [6.07, 6.45) is 3.49. The monoisotopic (exact) mass is 271 g/mol. The van der Waals surface area contributed by atoms with E-state index in [1.807, 2.05) is 20.0 Å². The summed E-state index contributed by atoms with van der Waals surface area (Å²) in [6.45, 7) is 5.58. The number of hydrogen-bond donors (Lipinski definition) is 0. The summed E-state index contributed by atoms with van der Waals surface area (Å²) < 4.78 is 6.96. The van der Waals surface area contributed by atoms with Crippen LogP contribution in [0.1, 0.15) is 22.6 Å². The van der Waals surface area contributed by atoms with Crippen LogP contribution in [0.4, 0.5) is 0 Å². The molecule has 20 heavy (non-hydrogen) atoms. The van der Waals surface area contributed by atoms with E-state index in [1.54, 1.807) is 10.8 Å². The number of fused-ring (bicyclic) bond motifs is 1. The number of hydrogen-bond acceptors (Lipinski definition) is 5. The second-order valence-corrected chi connectivity index (χ2v) is 5.07. The van der Waals surface area contributed by atoms with Gasteiger partial charge in [0.15, 0.2) is 5.65 Å². The molecule has 6 heteroatoms. The highest BCUT2D eigenvalue weighted by atomic mass is 16.5. The first-order valence-electron chi connectivity index (χ1n) is 6.52. The summed E-state index contributed by atoms with van der Waals surface area (Å²) in [5, 5.41) is 8.08. The summed E-state index contributed by atoms with van der Waals surface area (Å²) in [5.41, 5.74) is 4.20. The molecule has 0 spiro atoms. The normalized spacial score (nSPS) is 11.6. The fourth-order valence-corrected chi connectivity index (χ4v) is 2.32. The summed E-state index contributed by atoms with van der Waals surface area (Å²) in [7, 11) is 2.08. The van der Waals surface area contributed by atoms with Gasteiger partial charge in [0, 0.05) is 24.8 Å². The molecular weight excluding hydrogens is 254 g/mol. The molecule has 0 atom stereocenters. The Bertz CT molecular complexity index is 711. The van der Waals surface area contributed by atoms with Gasteiger partial charge in [-0.15, -0.1) is 0 Å². The zero-order chi connectivity index (χ0) is 14.1. The molecule has 0 radical (unpaired) electrons. The Morgan fingerprint density at radius 1 is 1.30 bits per heavy atom. The first-order chi connectivity index (χ1) is 9.63. The minimum Gasteiger partial charge on any atom is -0.361 e. The van der Waals surface area contributed by atoms with E-state index in [4.69, 9.17) is 4.52 Å². The third kappa shape index (κ3) is 2.42. The molecular formula is C14H17N5O. The maximum atomic E-state index is 5.20. The number of aryl methyl sites for hydroxylation is 2. The molecule has 0 aliphatic carbocycles. The van der Waals surface area contributed by atoms with Gasteiger partial charge in [0.05, 0.1) is 5.69 Å². The lowest BCUT2D eigenvalue weighted by molar-refractivity contribution is 0.315. The van der Waals surface area contributed by atoms with Gasteiger partial charge in [-0.05, 0) is 38.6 Å². The van der Waals surface area contributed by atoms with E-state index >= 15 is 0 Å². The van der Waals surface area contributed by atoms with Crippen LogP contribution in [0.2, 0.25) is 0 Å². The lowest BCUT2D eigenvalue weighted by Crippen LogP contribution is -2.18. The molecule has 6 nitrogen and oxygen atoms in total. The average Bonchev–Trinajstić information content (AvgIpc) is 3.00. The van der Waals surface area contributed by atoms with Crippen LogP contribution in [0.15, 0.2) is 29.2 Å². The summed E-state index contributed by atoms with van der Waals surface area (Å²) in [4.78, 5) is 6.43. The van der Waals surface area contributed by atoms with Crippen molar-refractivity contribution in [2.45, 2.75) is 26.9 Å². The topological polar surface area (TPSA) is 59.5 Å². The van der Waals surface area contributed by atoms with Crippen LogP contribution in [-0.2, 0) is 13.1 Å². The summed E-state index contributed by atoms with van der Waals surface area (Å²) in [5.74, 6) is 0.891. The molecule has 3 aromatic rings. The third-order valence-electron chi connectivity index (χ3n) is 3.41. The zero-order valence-corrected chi connectivity index (χ0v) is 11.9. The molecule has 0 saturated carbocycles. The second-order valence-electron chi connectivity index (χ2n) is 5.07. The molecule has 0 aromatic carbocycles. The van der Waals surface area contributed by atoms with E-state index in [9.17, 15) is 0 Å². The van der Waals surface area contributed by atoms with E-state index in [1.165, 1.54) is 5.56 Å². The zero-order valence-electron chi connectivity index (χ0n) is 11.9. The number of rotatable bonds is 4. The van der Waals surface area contributed by atoms with Gasteiger partial charge in [-0.3, -0.25) is 4.90 Å². The molecule has 0 aliphatic rings. The van der Waals surface area contributed by atoms with Gasteiger partial charge in [-0.1, -0.05) is 5.16 Å². The molecule has 0 unspecified atom stereocenters. The Labute approximate surface area is 117 Å². The first-order valence-corrected chi connectivity index (χ1v) is 6.52. The second kappa shape index (κ2) is 5.05. The van der Waals surface area contributed by atoms with Crippen LogP contribution in [0.5, 0.6) is 0 Å². The largest absolute Gasteiger partial charge is 0.361 e. The van der Waals surface area contributed by atoms with Crippen molar-refractivity contribution in [1.29, 1.82) is 0 Å². The highest BCUT2D eigenvalue weighted by molar-refractivity contribution is 5.39. The lowest BCUT2D eigenvalue weighted by Gasteiger charge is -2.16. The smallest absolute Gasteiger partial charge is 0.155 e. The molecule has 0 amide bonds. The van der Waals surface area contributed by atoms with Crippen molar-refractivity contribution < 1.29 is 4.52 Å². The Kier molecular flexibility index (Phi) is 3.23. The number of aromatic nitrogens is 4. The predicted molar refractivity (Wildman–Crippen MR) is 74.1 cm³/mol. The van der Waals surface area contributed by atoms with E-state index < -0.39 is 0 Å². The van der Waals surface area contributed by atoms with Gasteiger partial charge >= 0.3 is 0 Å². The van der Waals surface area contributed by atoms with Gasteiger partial charge in [0.25, 0.3) is 0 Å². The quantitative estimate of drug-likeness (QED) is 0.726. The Morgan fingerprint density at radius 2 is 2.15 bits per heavy atom. The van der Waals surface area contributed by atoms with Crippen LogP contribution in [-0.4, -0.2) is 31.7 Å². The van der Waals surface area contributed by atoms with Gasteiger partial charge in [-0.2, -0.15) is 5.10 Å². The Balaban J connectivity index is 1.73. The Morgan fingerprint density at radius 3 is 2.90 bits per heavy atom. The summed E-state index contributed by atoms with van der Waals surface area (Å²) in [6, 6.07) is 4.11. The fraction of sp³-hybridized carbons (Fsp3) is 0.357. The predicted octanol–water partition coefficient (Wildman–Crippen LogP) is 1.97. The summed E-state index contributed by atoms with van der Waals surface area (Å²) >= 11 is 0. The fourth-order valence-electron chi connectivity index (χ4n) is 2.32. The molecule has 3 aromatic heterocycles. The van der Waals surface area contributed by atoms with Crippen molar-refractivity contribution in [2.75, 3.05) is 7.05 Å². The van der Waals surface area contributed by atoms with Crippen LogP contribution in [0, 0.1) is 13.8 Å². The van der Waals surface area contributed by atoms with Crippen molar-refractivity contribution in [3.63, 3.8) is 0 Å². The van der Waals surface area contributed by atoms with Crippen LogP contribution in [0.3, 0.4) is 0 Å². The molecule has 3 heterocycles. The van der Waals surface area contributed by atoms with Crippen molar-refractivity contribution >= 4 is 5.65 Å². The molecule has 104 valence electrons. The highest BCUT2D eigenvalue weighted by Crippen LogP contribution is 2.16. The van der Waals surface area contributed by atoms with Gasteiger partial charge in [0.2, 0.25) is 0 Å². The minimum atomic E-state index is 0.818. The van der Waals surface area contributed by atoms with Crippen molar-refractivity contribution in [2.24, 2.45) is 0 Å². The standard InChI is InChI=1S/C14H17N5O/c1-10-13(11(2)20-17-10)8-18(3)7-12-4-5-19-14(6-12)15-9-16-19/h4-6,9H,7-8H2,1-3H3. The van der Waals surface area contributed by atoms with Gasteiger partial charge in [0.1, 0.15) is 12.1 Å². The average molecular weight is 271 g/mol. The van der Waals surface area contributed by atoms with Crippen LogP contribution >= 0.6 is 0 Å². The maximum absolute atomic E-state index is 5.20. The van der Waals surface area contributed by atoms with Crippen molar-refractivity contribution in [1.82, 2.24) is 24.7 Å². The molecule has 0 aliphatic heterocycles. The van der Waals surface area contributed by atoms with E-state index in [0.717, 1.165) is 35.8 Å². The van der Waals surface area contributed by atoms with E-state index in [2.05, 4.69) is 39.3 Å².